The van der Waals surface area contributed by atoms with Gasteiger partial charge in [0.05, 0.1) is 6.54 Å². The van der Waals surface area contributed by atoms with Gasteiger partial charge in [0, 0.05) is 25.1 Å². The molecule has 0 fully saturated rings. The highest BCUT2D eigenvalue weighted by Gasteiger charge is 2.11. The first kappa shape index (κ1) is 16.2. The zero-order chi connectivity index (χ0) is 15.0. The van der Waals surface area contributed by atoms with Gasteiger partial charge in [-0.05, 0) is 27.2 Å². The number of carbonyl (C=O) groups excluding carboxylic acids is 1. The molecule has 20 heavy (non-hydrogen) atoms. The molecule has 1 aromatic rings. The molecule has 1 heterocycles. The van der Waals surface area contributed by atoms with Crippen LogP contribution < -0.4 is 16.0 Å². The lowest BCUT2D eigenvalue weighted by Gasteiger charge is -2.14. The molecule has 0 saturated carbocycles. The molecule has 1 rings (SSSR count). The van der Waals surface area contributed by atoms with Crippen molar-refractivity contribution in [2.45, 2.75) is 40.5 Å². The van der Waals surface area contributed by atoms with E-state index in [1.807, 2.05) is 20.8 Å². The van der Waals surface area contributed by atoms with E-state index < -0.39 is 0 Å². The predicted octanol–water partition coefficient (Wildman–Crippen LogP) is 1.72. The van der Waals surface area contributed by atoms with E-state index in [1.54, 1.807) is 0 Å². The second-order valence-corrected chi connectivity index (χ2v) is 4.55. The molecule has 0 atom stereocenters. The average molecular weight is 279 g/mol. The maximum Gasteiger partial charge on any atom is 0.239 e. The average Bonchev–Trinajstić information content (AvgIpc) is 2.41. The topological polar surface area (TPSA) is 78.9 Å². The summed E-state index contributed by atoms with van der Waals surface area (Å²) in [5.41, 5.74) is 0.941. The molecule has 0 aliphatic rings. The SMILES string of the molecule is CCCc1nc(NCC)c(C)c(NCC(=O)NCC)n1. The van der Waals surface area contributed by atoms with Crippen LogP contribution in [0.5, 0.6) is 0 Å². The third-order valence-electron chi connectivity index (χ3n) is 2.80. The van der Waals surface area contributed by atoms with Crippen LogP contribution in [0, 0.1) is 6.92 Å². The minimum absolute atomic E-state index is 0.0347. The number of nitrogens with zero attached hydrogens (tertiary/aromatic N) is 2. The summed E-state index contributed by atoms with van der Waals surface area (Å²) in [6, 6.07) is 0. The molecular weight excluding hydrogens is 254 g/mol. The van der Waals surface area contributed by atoms with E-state index >= 15 is 0 Å². The third kappa shape index (κ3) is 4.68. The zero-order valence-electron chi connectivity index (χ0n) is 12.8. The Balaban J connectivity index is 2.88. The number of anilines is 2. The highest BCUT2D eigenvalue weighted by atomic mass is 16.1. The van der Waals surface area contributed by atoms with Gasteiger partial charge in [-0.1, -0.05) is 6.92 Å². The van der Waals surface area contributed by atoms with Crippen LogP contribution in [-0.4, -0.2) is 35.5 Å². The molecule has 3 N–H and O–H groups in total. The number of aryl methyl sites for hydroxylation is 1. The van der Waals surface area contributed by atoms with E-state index in [2.05, 4.69) is 32.8 Å². The van der Waals surface area contributed by atoms with Crippen molar-refractivity contribution in [2.24, 2.45) is 0 Å². The van der Waals surface area contributed by atoms with Crippen LogP contribution in [0.15, 0.2) is 0 Å². The molecule has 6 heteroatoms. The van der Waals surface area contributed by atoms with E-state index in [0.717, 1.165) is 42.4 Å². The smallest absolute Gasteiger partial charge is 0.239 e. The minimum Gasteiger partial charge on any atom is -0.370 e. The number of hydrogen-bond acceptors (Lipinski definition) is 5. The standard InChI is InChI=1S/C14H25N5O/c1-5-8-11-18-13(16-7-3)10(4)14(19-11)17-9-12(20)15-6-2/h5-9H2,1-4H3,(H,15,20)(H2,16,17,18,19). The van der Waals surface area contributed by atoms with Crippen LogP contribution in [0.25, 0.3) is 0 Å². The molecule has 0 aliphatic heterocycles. The van der Waals surface area contributed by atoms with Crippen LogP contribution in [0.1, 0.15) is 38.6 Å². The van der Waals surface area contributed by atoms with Crippen molar-refractivity contribution in [1.82, 2.24) is 15.3 Å². The number of likely N-dealkylation sites (N-methyl/N-ethyl adjacent to an activating group) is 1. The van der Waals surface area contributed by atoms with Gasteiger partial charge in [-0.3, -0.25) is 4.79 Å². The first-order valence-electron chi connectivity index (χ1n) is 7.24. The van der Waals surface area contributed by atoms with Crippen LogP contribution in [0.3, 0.4) is 0 Å². The summed E-state index contributed by atoms with van der Waals surface area (Å²) < 4.78 is 0. The maximum absolute atomic E-state index is 11.5. The Bertz CT molecular complexity index is 447. The predicted molar refractivity (Wildman–Crippen MR) is 82.1 cm³/mol. The van der Waals surface area contributed by atoms with Crippen molar-refractivity contribution in [3.63, 3.8) is 0 Å². The third-order valence-corrected chi connectivity index (χ3v) is 2.80. The fourth-order valence-electron chi connectivity index (χ4n) is 1.83. The lowest BCUT2D eigenvalue weighted by molar-refractivity contribution is -0.119. The maximum atomic E-state index is 11.5. The van der Waals surface area contributed by atoms with Gasteiger partial charge in [0.2, 0.25) is 5.91 Å². The van der Waals surface area contributed by atoms with E-state index in [0.29, 0.717) is 6.54 Å². The van der Waals surface area contributed by atoms with E-state index in [9.17, 15) is 4.79 Å². The quantitative estimate of drug-likeness (QED) is 0.675. The summed E-state index contributed by atoms with van der Waals surface area (Å²) in [6.07, 6.45) is 1.82. The Morgan fingerprint density at radius 3 is 2.25 bits per heavy atom. The Morgan fingerprint density at radius 2 is 1.70 bits per heavy atom. The molecule has 0 bridgehead atoms. The molecule has 6 nitrogen and oxygen atoms in total. The first-order chi connectivity index (χ1) is 9.62. The molecule has 0 spiro atoms. The molecule has 0 aromatic carbocycles. The highest BCUT2D eigenvalue weighted by Crippen LogP contribution is 2.20. The zero-order valence-corrected chi connectivity index (χ0v) is 12.8. The van der Waals surface area contributed by atoms with E-state index in [4.69, 9.17) is 0 Å². The van der Waals surface area contributed by atoms with Gasteiger partial charge in [0.1, 0.15) is 17.5 Å². The minimum atomic E-state index is -0.0347. The van der Waals surface area contributed by atoms with Crippen molar-refractivity contribution >= 4 is 17.5 Å². The molecule has 1 amide bonds. The molecule has 1 aromatic heterocycles. The Kier molecular flexibility index (Phi) is 6.76. The number of rotatable bonds is 8. The normalized spacial score (nSPS) is 10.2. The molecule has 0 unspecified atom stereocenters. The van der Waals surface area contributed by atoms with Gasteiger partial charge in [0.15, 0.2) is 0 Å². The Labute approximate surface area is 120 Å². The number of hydrogen-bond donors (Lipinski definition) is 3. The number of aromatic nitrogens is 2. The highest BCUT2D eigenvalue weighted by molar-refractivity contribution is 5.80. The fraction of sp³-hybridized carbons (Fsp3) is 0.643. The summed E-state index contributed by atoms with van der Waals surface area (Å²) in [5, 5.41) is 9.08. The first-order valence-corrected chi connectivity index (χ1v) is 7.24. The Hall–Kier alpha value is -1.85. The van der Waals surface area contributed by atoms with Gasteiger partial charge in [-0.25, -0.2) is 9.97 Å². The van der Waals surface area contributed by atoms with E-state index in [1.165, 1.54) is 0 Å². The van der Waals surface area contributed by atoms with Crippen LogP contribution in [0.4, 0.5) is 11.6 Å². The number of nitrogens with one attached hydrogen (secondary N) is 3. The van der Waals surface area contributed by atoms with Crippen LogP contribution in [-0.2, 0) is 11.2 Å². The van der Waals surface area contributed by atoms with Crippen molar-refractivity contribution in [3.05, 3.63) is 11.4 Å². The number of amides is 1. The van der Waals surface area contributed by atoms with Crippen molar-refractivity contribution in [2.75, 3.05) is 30.3 Å². The number of carbonyl (C=O) groups is 1. The van der Waals surface area contributed by atoms with Gasteiger partial charge < -0.3 is 16.0 Å². The molecule has 112 valence electrons. The van der Waals surface area contributed by atoms with Gasteiger partial charge in [0.25, 0.3) is 0 Å². The molecule has 0 saturated heterocycles. The monoisotopic (exact) mass is 279 g/mol. The summed E-state index contributed by atoms with van der Waals surface area (Å²) in [5.74, 6) is 2.33. The van der Waals surface area contributed by atoms with Gasteiger partial charge in [-0.15, -0.1) is 0 Å². The summed E-state index contributed by atoms with van der Waals surface area (Å²) in [6.45, 7) is 9.64. The van der Waals surface area contributed by atoms with Crippen molar-refractivity contribution < 1.29 is 4.79 Å². The fourth-order valence-corrected chi connectivity index (χ4v) is 1.83. The lowest BCUT2D eigenvalue weighted by atomic mass is 10.2. The summed E-state index contributed by atoms with van der Waals surface area (Å²) in [7, 11) is 0. The second kappa shape index (κ2) is 8.35. The van der Waals surface area contributed by atoms with Crippen molar-refractivity contribution in [3.8, 4) is 0 Å². The molecular formula is C14H25N5O. The van der Waals surface area contributed by atoms with Crippen LogP contribution in [0.2, 0.25) is 0 Å². The Morgan fingerprint density at radius 1 is 1.05 bits per heavy atom. The molecule has 0 aliphatic carbocycles. The van der Waals surface area contributed by atoms with Gasteiger partial charge >= 0.3 is 0 Å². The second-order valence-electron chi connectivity index (χ2n) is 4.55. The van der Waals surface area contributed by atoms with Crippen LogP contribution >= 0.6 is 0 Å². The van der Waals surface area contributed by atoms with Gasteiger partial charge in [-0.2, -0.15) is 0 Å². The lowest BCUT2D eigenvalue weighted by Crippen LogP contribution is -2.30. The van der Waals surface area contributed by atoms with Crippen molar-refractivity contribution in [1.29, 1.82) is 0 Å². The summed E-state index contributed by atoms with van der Waals surface area (Å²) >= 11 is 0. The van der Waals surface area contributed by atoms with E-state index in [-0.39, 0.29) is 12.5 Å². The summed E-state index contributed by atoms with van der Waals surface area (Å²) in [4.78, 5) is 20.5. The molecule has 0 radical (unpaired) electrons. The largest absolute Gasteiger partial charge is 0.370 e.